The molecule has 104 valence electrons. The van der Waals surface area contributed by atoms with Crippen molar-refractivity contribution < 1.29 is 13.7 Å². The average Bonchev–Trinajstić information content (AvgIpc) is 2.47. The zero-order chi connectivity index (χ0) is 14.5. The van der Waals surface area contributed by atoms with Gasteiger partial charge < -0.3 is 10.1 Å². The van der Waals surface area contributed by atoms with Crippen molar-refractivity contribution in [3.63, 3.8) is 0 Å². The second kappa shape index (κ2) is 6.34. The van der Waals surface area contributed by atoms with Crippen LogP contribution in [-0.4, -0.2) is 23.5 Å². The maximum atomic E-state index is 12.1. The van der Waals surface area contributed by atoms with E-state index in [9.17, 15) is 9.00 Å². The summed E-state index contributed by atoms with van der Waals surface area (Å²) >= 11 is 0. The highest BCUT2D eigenvalue weighted by atomic mass is 32.2. The fraction of sp³-hybridized carbons (Fsp3) is 0.133. The van der Waals surface area contributed by atoms with Crippen molar-refractivity contribution in [3.05, 3.63) is 54.1 Å². The van der Waals surface area contributed by atoms with E-state index in [1.165, 1.54) is 0 Å². The van der Waals surface area contributed by atoms with Crippen LogP contribution in [0, 0.1) is 0 Å². The van der Waals surface area contributed by atoms with E-state index in [1.54, 1.807) is 61.9 Å². The minimum absolute atomic E-state index is 0.216. The quantitative estimate of drug-likeness (QED) is 0.941. The summed E-state index contributed by atoms with van der Waals surface area (Å²) in [6.45, 7) is 0. The standard InChI is InChI=1S/C15H15NO3S/c1-19-13-5-3-4-12(10-13)16-15(17)11-6-8-14(9-7-11)20(2)18/h3-10H,1-2H3,(H,16,17). The zero-order valence-electron chi connectivity index (χ0n) is 11.3. The minimum atomic E-state index is -1.04. The van der Waals surface area contributed by atoms with Gasteiger partial charge in [0, 0.05) is 39.3 Å². The first-order valence-electron chi connectivity index (χ1n) is 5.99. The lowest BCUT2D eigenvalue weighted by Crippen LogP contribution is -2.11. The van der Waals surface area contributed by atoms with Gasteiger partial charge >= 0.3 is 0 Å². The number of hydrogen-bond acceptors (Lipinski definition) is 3. The van der Waals surface area contributed by atoms with Gasteiger partial charge in [0.15, 0.2) is 0 Å². The molecule has 1 unspecified atom stereocenters. The SMILES string of the molecule is COc1cccc(NC(=O)c2ccc(S(C)=O)cc2)c1. The molecule has 0 saturated heterocycles. The van der Waals surface area contributed by atoms with Crippen molar-refractivity contribution in [1.29, 1.82) is 0 Å². The summed E-state index contributed by atoms with van der Waals surface area (Å²) in [7, 11) is 0.533. The van der Waals surface area contributed by atoms with Crippen LogP contribution in [0.2, 0.25) is 0 Å². The third kappa shape index (κ3) is 3.45. The number of carbonyl (C=O) groups is 1. The van der Waals surface area contributed by atoms with Gasteiger partial charge in [-0.2, -0.15) is 0 Å². The molecule has 0 radical (unpaired) electrons. The molecule has 0 aliphatic heterocycles. The Morgan fingerprint density at radius 1 is 1.15 bits per heavy atom. The molecule has 0 aromatic heterocycles. The Balaban J connectivity index is 2.13. The van der Waals surface area contributed by atoms with Gasteiger partial charge in [0.25, 0.3) is 5.91 Å². The second-order valence-electron chi connectivity index (χ2n) is 4.16. The van der Waals surface area contributed by atoms with Crippen LogP contribution in [0.15, 0.2) is 53.4 Å². The molecule has 2 rings (SSSR count). The summed E-state index contributed by atoms with van der Waals surface area (Å²) in [4.78, 5) is 12.8. The van der Waals surface area contributed by atoms with Crippen molar-refractivity contribution >= 4 is 22.4 Å². The normalized spacial score (nSPS) is 11.7. The lowest BCUT2D eigenvalue weighted by atomic mass is 10.2. The minimum Gasteiger partial charge on any atom is -0.497 e. The Morgan fingerprint density at radius 3 is 2.45 bits per heavy atom. The number of amides is 1. The summed E-state index contributed by atoms with van der Waals surface area (Å²) in [5.41, 5.74) is 1.18. The molecule has 1 amide bonds. The highest BCUT2D eigenvalue weighted by molar-refractivity contribution is 7.84. The highest BCUT2D eigenvalue weighted by Gasteiger charge is 2.07. The smallest absolute Gasteiger partial charge is 0.255 e. The Hall–Kier alpha value is -2.14. The maximum absolute atomic E-state index is 12.1. The van der Waals surface area contributed by atoms with Gasteiger partial charge in [-0.1, -0.05) is 6.07 Å². The number of anilines is 1. The molecule has 2 aromatic rings. The molecule has 5 heteroatoms. The van der Waals surface area contributed by atoms with E-state index < -0.39 is 10.8 Å². The van der Waals surface area contributed by atoms with Gasteiger partial charge in [0.05, 0.1) is 7.11 Å². The Kier molecular flexibility index (Phi) is 4.53. The Labute approximate surface area is 120 Å². The van der Waals surface area contributed by atoms with E-state index in [2.05, 4.69) is 5.32 Å². The molecule has 2 aromatic carbocycles. The first kappa shape index (κ1) is 14.3. The summed E-state index contributed by atoms with van der Waals surface area (Å²) < 4.78 is 16.4. The van der Waals surface area contributed by atoms with Crippen LogP contribution in [-0.2, 0) is 10.8 Å². The van der Waals surface area contributed by atoms with E-state index in [-0.39, 0.29) is 5.91 Å². The molecule has 0 heterocycles. The molecule has 0 aliphatic carbocycles. The maximum Gasteiger partial charge on any atom is 0.255 e. The molecule has 0 spiro atoms. The largest absolute Gasteiger partial charge is 0.497 e. The molecule has 0 aliphatic rings. The second-order valence-corrected chi connectivity index (χ2v) is 5.54. The Bertz CT molecular complexity index is 638. The van der Waals surface area contributed by atoms with Gasteiger partial charge in [-0.3, -0.25) is 9.00 Å². The van der Waals surface area contributed by atoms with Crippen molar-refractivity contribution in [1.82, 2.24) is 0 Å². The first-order chi connectivity index (χ1) is 9.60. The average molecular weight is 289 g/mol. The first-order valence-corrected chi connectivity index (χ1v) is 7.55. The molecule has 1 N–H and O–H groups in total. The number of rotatable bonds is 4. The predicted molar refractivity (Wildman–Crippen MR) is 79.7 cm³/mol. The number of nitrogens with one attached hydrogen (secondary N) is 1. The summed E-state index contributed by atoms with van der Waals surface area (Å²) in [6.07, 6.45) is 1.60. The van der Waals surface area contributed by atoms with Gasteiger partial charge in [-0.25, -0.2) is 0 Å². The fourth-order valence-electron chi connectivity index (χ4n) is 1.70. The van der Waals surface area contributed by atoms with Gasteiger partial charge in [0.2, 0.25) is 0 Å². The number of benzene rings is 2. The number of methoxy groups -OCH3 is 1. The summed E-state index contributed by atoms with van der Waals surface area (Å²) in [5, 5.41) is 2.79. The number of carbonyl (C=O) groups excluding carboxylic acids is 1. The van der Waals surface area contributed by atoms with E-state index >= 15 is 0 Å². The van der Waals surface area contributed by atoms with Crippen molar-refractivity contribution in [2.75, 3.05) is 18.7 Å². The predicted octanol–water partition coefficient (Wildman–Crippen LogP) is 2.68. The van der Waals surface area contributed by atoms with Crippen molar-refractivity contribution in [3.8, 4) is 5.75 Å². The van der Waals surface area contributed by atoms with E-state index in [0.29, 0.717) is 21.9 Å². The molecule has 0 saturated carbocycles. The summed E-state index contributed by atoms with van der Waals surface area (Å²) in [5.74, 6) is 0.464. The van der Waals surface area contributed by atoms with E-state index in [4.69, 9.17) is 4.74 Å². The molecule has 0 bridgehead atoms. The topological polar surface area (TPSA) is 55.4 Å². The van der Waals surface area contributed by atoms with Crippen LogP contribution in [0.3, 0.4) is 0 Å². The molecule has 1 atom stereocenters. The van der Waals surface area contributed by atoms with Crippen LogP contribution >= 0.6 is 0 Å². The highest BCUT2D eigenvalue weighted by Crippen LogP contribution is 2.17. The third-order valence-corrected chi connectivity index (χ3v) is 3.71. The lowest BCUT2D eigenvalue weighted by molar-refractivity contribution is 0.102. The van der Waals surface area contributed by atoms with E-state index in [0.717, 1.165) is 0 Å². The molecular formula is C15H15NO3S. The van der Waals surface area contributed by atoms with Crippen LogP contribution in [0.1, 0.15) is 10.4 Å². The van der Waals surface area contributed by atoms with Crippen LogP contribution in [0.4, 0.5) is 5.69 Å². The van der Waals surface area contributed by atoms with Crippen molar-refractivity contribution in [2.24, 2.45) is 0 Å². The van der Waals surface area contributed by atoms with Gasteiger partial charge in [0.1, 0.15) is 5.75 Å². The summed E-state index contributed by atoms with van der Waals surface area (Å²) in [6, 6.07) is 13.8. The molecular weight excluding hydrogens is 274 g/mol. The number of ether oxygens (including phenoxy) is 1. The van der Waals surface area contributed by atoms with Gasteiger partial charge in [-0.05, 0) is 36.4 Å². The lowest BCUT2D eigenvalue weighted by Gasteiger charge is -2.07. The van der Waals surface area contributed by atoms with Crippen LogP contribution < -0.4 is 10.1 Å². The monoisotopic (exact) mass is 289 g/mol. The number of hydrogen-bond donors (Lipinski definition) is 1. The van der Waals surface area contributed by atoms with E-state index in [1.807, 2.05) is 0 Å². The van der Waals surface area contributed by atoms with Gasteiger partial charge in [-0.15, -0.1) is 0 Å². The van der Waals surface area contributed by atoms with Crippen LogP contribution in [0.5, 0.6) is 5.75 Å². The fourth-order valence-corrected chi connectivity index (χ4v) is 2.22. The third-order valence-electron chi connectivity index (χ3n) is 2.78. The Morgan fingerprint density at radius 2 is 1.85 bits per heavy atom. The van der Waals surface area contributed by atoms with Crippen molar-refractivity contribution in [2.45, 2.75) is 4.90 Å². The molecule has 0 fully saturated rings. The zero-order valence-corrected chi connectivity index (χ0v) is 12.1. The molecule has 4 nitrogen and oxygen atoms in total. The van der Waals surface area contributed by atoms with Crippen LogP contribution in [0.25, 0.3) is 0 Å². The molecule has 20 heavy (non-hydrogen) atoms.